The largest absolute Gasteiger partial charge is 0.485 e. The Labute approximate surface area is 205 Å². The van der Waals surface area contributed by atoms with Gasteiger partial charge in [0.15, 0.2) is 6.61 Å². The molecule has 0 radical (unpaired) electrons. The molecule has 0 aliphatic heterocycles. The fraction of sp³-hybridized carbons (Fsp3) is 0.111. The summed E-state index contributed by atoms with van der Waals surface area (Å²) in [6.45, 7) is -0.729. The van der Waals surface area contributed by atoms with Crippen molar-refractivity contribution in [3.63, 3.8) is 0 Å². The van der Waals surface area contributed by atoms with Crippen LogP contribution in [-0.4, -0.2) is 39.2 Å². The SMILES string of the molecule is O=C(COc1cc2ccc(Cl)cc2cc1C(O)CO)c1c[nH]c2cc(Oc3cccnc3)ccc12. The van der Waals surface area contributed by atoms with Gasteiger partial charge in [0.25, 0.3) is 0 Å². The molecule has 1 unspecified atom stereocenters. The maximum absolute atomic E-state index is 13.0. The van der Waals surface area contributed by atoms with E-state index >= 15 is 0 Å². The second kappa shape index (κ2) is 9.76. The number of carbonyl (C=O) groups excluding carboxylic acids is 1. The van der Waals surface area contributed by atoms with Crippen LogP contribution >= 0.6 is 11.6 Å². The summed E-state index contributed by atoms with van der Waals surface area (Å²) in [5, 5.41) is 22.7. The van der Waals surface area contributed by atoms with Crippen LogP contribution in [0.15, 0.2) is 79.3 Å². The number of ketones is 1. The van der Waals surface area contributed by atoms with Crippen LogP contribution in [-0.2, 0) is 0 Å². The lowest BCUT2D eigenvalue weighted by Gasteiger charge is -2.16. The number of H-pyrrole nitrogens is 1. The number of nitrogens with zero attached hydrogens (tertiary/aromatic N) is 1. The average Bonchev–Trinajstić information content (AvgIpc) is 3.30. The van der Waals surface area contributed by atoms with Crippen LogP contribution in [0.1, 0.15) is 22.0 Å². The predicted molar refractivity (Wildman–Crippen MR) is 133 cm³/mol. The van der Waals surface area contributed by atoms with Crippen molar-refractivity contribution in [3.8, 4) is 17.2 Å². The third-order valence-electron chi connectivity index (χ3n) is 5.65. The van der Waals surface area contributed by atoms with Gasteiger partial charge in [-0.05, 0) is 59.3 Å². The number of fused-ring (bicyclic) bond motifs is 2. The van der Waals surface area contributed by atoms with Crippen molar-refractivity contribution in [2.45, 2.75) is 6.10 Å². The highest BCUT2D eigenvalue weighted by Crippen LogP contribution is 2.33. The summed E-state index contributed by atoms with van der Waals surface area (Å²) in [6, 6.07) is 17.8. The molecular formula is C27H21ClN2O5. The van der Waals surface area contributed by atoms with E-state index in [1.165, 1.54) is 0 Å². The minimum Gasteiger partial charge on any atom is -0.485 e. The highest BCUT2D eigenvalue weighted by atomic mass is 35.5. The number of carbonyl (C=O) groups is 1. The smallest absolute Gasteiger partial charge is 0.202 e. The second-order valence-electron chi connectivity index (χ2n) is 7.99. The Morgan fingerprint density at radius 1 is 1.06 bits per heavy atom. The minimum atomic E-state index is -1.16. The number of aliphatic hydroxyl groups excluding tert-OH is 2. The van der Waals surface area contributed by atoms with Crippen molar-refractivity contribution in [2.75, 3.05) is 13.2 Å². The molecule has 5 aromatic rings. The van der Waals surface area contributed by atoms with Gasteiger partial charge in [0.2, 0.25) is 5.78 Å². The van der Waals surface area contributed by atoms with Crippen molar-refractivity contribution in [3.05, 3.63) is 95.4 Å². The fourth-order valence-corrected chi connectivity index (χ4v) is 4.09. The first-order chi connectivity index (χ1) is 17.0. The number of aliphatic hydroxyl groups is 2. The summed E-state index contributed by atoms with van der Waals surface area (Å²) < 4.78 is 11.6. The molecule has 2 heterocycles. The van der Waals surface area contributed by atoms with Crippen LogP contribution in [0.3, 0.4) is 0 Å². The number of ether oxygens (including phenoxy) is 2. The number of aromatic nitrogens is 2. The van der Waals surface area contributed by atoms with Crippen LogP contribution in [0, 0.1) is 0 Å². The lowest BCUT2D eigenvalue weighted by molar-refractivity contribution is 0.0872. The minimum absolute atomic E-state index is 0.238. The lowest BCUT2D eigenvalue weighted by Crippen LogP contribution is -2.13. The molecule has 176 valence electrons. The number of pyridine rings is 1. The van der Waals surface area contributed by atoms with E-state index in [2.05, 4.69) is 9.97 Å². The van der Waals surface area contributed by atoms with Crippen LogP contribution in [0.5, 0.6) is 17.2 Å². The Bertz CT molecular complexity index is 1520. The number of nitrogens with one attached hydrogen (secondary N) is 1. The van der Waals surface area contributed by atoms with Gasteiger partial charge in [0.05, 0.1) is 12.8 Å². The Morgan fingerprint density at radius 3 is 2.74 bits per heavy atom. The molecule has 0 spiro atoms. The second-order valence-corrected chi connectivity index (χ2v) is 8.43. The maximum atomic E-state index is 13.0. The molecule has 3 N–H and O–H groups in total. The number of benzene rings is 3. The maximum Gasteiger partial charge on any atom is 0.202 e. The van der Waals surface area contributed by atoms with Gasteiger partial charge in [-0.3, -0.25) is 9.78 Å². The van der Waals surface area contributed by atoms with Gasteiger partial charge in [0.1, 0.15) is 23.4 Å². The van der Waals surface area contributed by atoms with E-state index < -0.39 is 12.7 Å². The molecule has 5 rings (SSSR count). The number of hydrogen-bond donors (Lipinski definition) is 3. The quantitative estimate of drug-likeness (QED) is 0.251. The van der Waals surface area contributed by atoms with E-state index in [1.54, 1.807) is 55.0 Å². The van der Waals surface area contributed by atoms with Crippen molar-refractivity contribution in [1.82, 2.24) is 9.97 Å². The molecule has 0 amide bonds. The molecular weight excluding hydrogens is 468 g/mol. The van der Waals surface area contributed by atoms with Crippen molar-refractivity contribution in [2.24, 2.45) is 0 Å². The van der Waals surface area contributed by atoms with Gasteiger partial charge in [-0.1, -0.05) is 17.7 Å². The van der Waals surface area contributed by atoms with E-state index in [0.717, 1.165) is 21.7 Å². The number of Topliss-reactive ketones (excluding diaryl/α,β-unsaturated/α-hetero) is 1. The van der Waals surface area contributed by atoms with E-state index in [0.29, 0.717) is 33.4 Å². The van der Waals surface area contributed by atoms with E-state index in [9.17, 15) is 15.0 Å². The molecule has 0 bridgehead atoms. The first-order valence-corrected chi connectivity index (χ1v) is 11.3. The Kier molecular flexibility index (Phi) is 6.37. The molecule has 35 heavy (non-hydrogen) atoms. The normalized spacial score (nSPS) is 12.1. The van der Waals surface area contributed by atoms with Gasteiger partial charge in [-0.2, -0.15) is 0 Å². The molecule has 8 heteroatoms. The third-order valence-corrected chi connectivity index (χ3v) is 5.88. The van der Waals surface area contributed by atoms with Crippen molar-refractivity contribution >= 4 is 39.1 Å². The zero-order valence-electron chi connectivity index (χ0n) is 18.4. The van der Waals surface area contributed by atoms with Crippen molar-refractivity contribution in [1.29, 1.82) is 0 Å². The van der Waals surface area contributed by atoms with E-state index in [1.807, 2.05) is 24.3 Å². The van der Waals surface area contributed by atoms with Gasteiger partial charge in [-0.25, -0.2) is 0 Å². The molecule has 7 nitrogen and oxygen atoms in total. The highest BCUT2D eigenvalue weighted by molar-refractivity contribution is 6.31. The number of halogens is 1. The molecule has 0 fully saturated rings. The summed E-state index contributed by atoms with van der Waals surface area (Å²) in [6.07, 6.45) is 3.77. The first-order valence-electron chi connectivity index (χ1n) is 10.9. The lowest BCUT2D eigenvalue weighted by atomic mass is 10.0. The summed E-state index contributed by atoms with van der Waals surface area (Å²) in [5.74, 6) is 1.31. The van der Waals surface area contributed by atoms with Crippen LogP contribution in [0.4, 0.5) is 0 Å². The van der Waals surface area contributed by atoms with Gasteiger partial charge in [-0.15, -0.1) is 0 Å². The fourth-order valence-electron chi connectivity index (χ4n) is 3.91. The number of hydrogen-bond acceptors (Lipinski definition) is 6. The van der Waals surface area contributed by atoms with Crippen LogP contribution in [0.2, 0.25) is 5.02 Å². The summed E-state index contributed by atoms with van der Waals surface area (Å²) in [7, 11) is 0. The average molecular weight is 489 g/mol. The zero-order chi connectivity index (χ0) is 24.4. The van der Waals surface area contributed by atoms with Crippen molar-refractivity contribution < 1.29 is 24.5 Å². The van der Waals surface area contributed by atoms with Gasteiger partial charge >= 0.3 is 0 Å². The van der Waals surface area contributed by atoms with Crippen LogP contribution in [0.25, 0.3) is 21.7 Å². The molecule has 2 aromatic heterocycles. The molecule has 1 atom stereocenters. The standard InChI is InChI=1S/C27H21ClN2O5/c28-18-4-3-16-10-27(22(25(32)14-31)9-17(16)8-18)34-15-26(33)23-13-30-24-11-19(5-6-21(23)24)35-20-2-1-7-29-12-20/h1-13,25,30-32H,14-15H2. The van der Waals surface area contributed by atoms with Gasteiger partial charge in [0, 0.05) is 45.5 Å². The topological polar surface area (TPSA) is 105 Å². The Hall–Kier alpha value is -3.91. The molecule has 0 aliphatic rings. The Balaban J connectivity index is 1.37. The summed E-state index contributed by atoms with van der Waals surface area (Å²) in [5.41, 5.74) is 1.60. The van der Waals surface area contributed by atoms with E-state index in [-0.39, 0.29) is 12.4 Å². The monoisotopic (exact) mass is 488 g/mol. The number of aromatic amines is 1. The predicted octanol–water partition coefficient (Wildman–Crippen LogP) is 5.45. The summed E-state index contributed by atoms with van der Waals surface area (Å²) in [4.78, 5) is 20.2. The molecule has 3 aromatic carbocycles. The number of rotatable bonds is 8. The molecule has 0 saturated heterocycles. The van der Waals surface area contributed by atoms with Gasteiger partial charge < -0.3 is 24.7 Å². The van der Waals surface area contributed by atoms with Crippen LogP contribution < -0.4 is 9.47 Å². The molecule has 0 aliphatic carbocycles. The Morgan fingerprint density at radius 2 is 1.94 bits per heavy atom. The third kappa shape index (κ3) is 4.83. The van der Waals surface area contributed by atoms with E-state index in [4.69, 9.17) is 21.1 Å². The summed E-state index contributed by atoms with van der Waals surface area (Å²) >= 11 is 6.08. The zero-order valence-corrected chi connectivity index (χ0v) is 19.2. The highest BCUT2D eigenvalue weighted by Gasteiger charge is 2.18. The molecule has 0 saturated carbocycles. The first kappa shape index (κ1) is 22.9.